The van der Waals surface area contributed by atoms with E-state index in [4.69, 9.17) is 0 Å². The van der Waals surface area contributed by atoms with Crippen LogP contribution in [0.15, 0.2) is 70.6 Å². The van der Waals surface area contributed by atoms with Crippen molar-refractivity contribution in [2.75, 3.05) is 0 Å². The smallest absolute Gasteiger partial charge is 0.207 e. The van der Waals surface area contributed by atoms with E-state index >= 15 is 0 Å². The third kappa shape index (κ3) is 3.59. The SMILES string of the molecule is CC1=C(C)C(C)(C)C2(C)C3CCCCCCCC3C1(C)N2S(=O)(=O)c1ccccccccc1. The van der Waals surface area contributed by atoms with E-state index in [2.05, 4.69) is 41.5 Å². The van der Waals surface area contributed by atoms with Crippen molar-refractivity contribution in [1.82, 2.24) is 4.31 Å². The third-order valence-electron chi connectivity index (χ3n) is 10.1. The second-order valence-corrected chi connectivity index (χ2v) is 13.4. The molecular formula is C30H43NO2S. The minimum atomic E-state index is -3.76. The lowest BCUT2D eigenvalue weighted by Gasteiger charge is -2.57. The molecule has 0 radical (unpaired) electrons. The predicted octanol–water partition coefficient (Wildman–Crippen LogP) is 7.69. The largest absolute Gasteiger partial charge is 0.244 e. The summed E-state index contributed by atoms with van der Waals surface area (Å²) < 4.78 is 31.4. The number of nitrogens with zero attached hydrogens (tertiary/aromatic N) is 1. The van der Waals surface area contributed by atoms with Crippen LogP contribution in [0.25, 0.3) is 0 Å². The molecule has 2 fully saturated rings. The lowest BCUT2D eigenvalue weighted by molar-refractivity contribution is 0.0346. The van der Waals surface area contributed by atoms with Crippen LogP contribution in [0.4, 0.5) is 0 Å². The van der Waals surface area contributed by atoms with Gasteiger partial charge in [0.1, 0.15) is 0 Å². The van der Waals surface area contributed by atoms with Gasteiger partial charge in [-0.05, 0) is 64.5 Å². The zero-order valence-electron chi connectivity index (χ0n) is 22.0. The highest BCUT2D eigenvalue weighted by atomic mass is 32.2. The molecule has 3 aliphatic rings. The first-order chi connectivity index (χ1) is 16.0. The van der Waals surface area contributed by atoms with Crippen LogP contribution >= 0.6 is 0 Å². The molecule has 2 aliphatic heterocycles. The highest BCUT2D eigenvalue weighted by Crippen LogP contribution is 2.68. The van der Waals surface area contributed by atoms with E-state index in [0.29, 0.717) is 16.7 Å². The van der Waals surface area contributed by atoms with E-state index in [0.717, 1.165) is 12.8 Å². The maximum absolute atomic E-state index is 14.7. The molecule has 1 aromatic rings. The summed E-state index contributed by atoms with van der Waals surface area (Å²) in [5.74, 6) is 0.680. The average Bonchev–Trinajstić information content (AvgIpc) is 3.06. The lowest BCUT2D eigenvalue weighted by Crippen LogP contribution is -2.65. The van der Waals surface area contributed by atoms with Crippen molar-refractivity contribution in [3.63, 3.8) is 0 Å². The van der Waals surface area contributed by atoms with Crippen LogP contribution in [-0.4, -0.2) is 23.8 Å². The number of rotatable bonds is 2. The standard InChI is InChI=1S/C30H43NO2S/c1-23-24(2)29(5)26-21-17-13-10-14-18-22-27(26)30(6,28(23,3)4)31(29)34(32,33)25-19-15-11-8-7-9-12-16-20-25/h7-9,11-12,15-16,19-20,26-27H,10,13-14,17-18,21-22H2,1-6H3. The van der Waals surface area contributed by atoms with Crippen LogP contribution in [0.2, 0.25) is 0 Å². The Morgan fingerprint density at radius 2 is 1.18 bits per heavy atom. The Morgan fingerprint density at radius 3 is 1.74 bits per heavy atom. The van der Waals surface area contributed by atoms with Gasteiger partial charge in [0.15, 0.2) is 0 Å². The first-order valence-corrected chi connectivity index (χ1v) is 14.6. The van der Waals surface area contributed by atoms with Gasteiger partial charge in [0.05, 0.1) is 10.4 Å². The molecular weight excluding hydrogens is 438 g/mol. The highest BCUT2D eigenvalue weighted by Gasteiger charge is 2.73. The van der Waals surface area contributed by atoms with Gasteiger partial charge in [-0.2, -0.15) is 4.31 Å². The fraction of sp³-hybridized carbons (Fsp3) is 0.600. The zero-order chi connectivity index (χ0) is 24.8. The van der Waals surface area contributed by atoms with Gasteiger partial charge in [0.25, 0.3) is 0 Å². The van der Waals surface area contributed by atoms with Gasteiger partial charge in [0.2, 0.25) is 10.0 Å². The highest BCUT2D eigenvalue weighted by molar-refractivity contribution is 7.89. The van der Waals surface area contributed by atoms with Gasteiger partial charge in [0, 0.05) is 11.0 Å². The number of hydrogen-bond donors (Lipinski definition) is 0. The lowest BCUT2D eigenvalue weighted by atomic mass is 9.61. The molecule has 0 N–H and O–H groups in total. The Morgan fingerprint density at radius 1 is 0.706 bits per heavy atom. The van der Waals surface area contributed by atoms with Crippen molar-refractivity contribution in [2.24, 2.45) is 17.3 Å². The second-order valence-electron chi connectivity index (χ2n) is 11.6. The first kappa shape index (κ1) is 25.4. The molecule has 4 atom stereocenters. The molecule has 4 rings (SSSR count). The summed E-state index contributed by atoms with van der Waals surface area (Å²) in [6.07, 6.45) is 8.41. The summed E-state index contributed by atoms with van der Waals surface area (Å²) in [5.41, 5.74) is 1.38. The minimum absolute atomic E-state index is 0.254. The Hall–Kier alpha value is -1.65. The van der Waals surface area contributed by atoms with Gasteiger partial charge < -0.3 is 0 Å². The van der Waals surface area contributed by atoms with Crippen LogP contribution in [0.1, 0.15) is 86.5 Å². The van der Waals surface area contributed by atoms with Crippen LogP contribution in [0.5, 0.6) is 0 Å². The summed E-state index contributed by atoms with van der Waals surface area (Å²) in [6, 6.07) is 16.8. The third-order valence-corrected chi connectivity index (χ3v) is 12.2. The average molecular weight is 482 g/mol. The molecule has 0 spiro atoms. The van der Waals surface area contributed by atoms with Crippen molar-refractivity contribution >= 4 is 10.0 Å². The van der Waals surface area contributed by atoms with Crippen LogP contribution in [0, 0.1) is 17.3 Å². The number of hydrogen-bond acceptors (Lipinski definition) is 2. The Kier molecular flexibility index (Phi) is 6.81. The molecule has 2 heterocycles. The fourth-order valence-corrected chi connectivity index (χ4v) is 9.97. The molecule has 1 aromatic carbocycles. The Labute approximate surface area is 208 Å². The molecule has 4 unspecified atom stereocenters. The molecule has 0 aromatic heterocycles. The van der Waals surface area contributed by atoms with Gasteiger partial charge in [-0.15, -0.1) is 0 Å². The molecule has 4 heteroatoms. The van der Waals surface area contributed by atoms with Crippen molar-refractivity contribution in [2.45, 2.75) is 102 Å². The normalized spacial score (nSPS) is 33.8. The van der Waals surface area contributed by atoms with E-state index < -0.39 is 21.1 Å². The van der Waals surface area contributed by atoms with Crippen molar-refractivity contribution < 1.29 is 8.42 Å². The quantitative estimate of drug-likeness (QED) is 0.406. The molecule has 0 amide bonds. The zero-order valence-corrected chi connectivity index (χ0v) is 22.8. The summed E-state index contributed by atoms with van der Waals surface area (Å²) in [5, 5.41) is 0. The summed E-state index contributed by atoms with van der Waals surface area (Å²) >= 11 is 0. The second kappa shape index (κ2) is 9.09. The van der Waals surface area contributed by atoms with E-state index in [-0.39, 0.29) is 5.41 Å². The molecule has 1 aliphatic carbocycles. The van der Waals surface area contributed by atoms with Crippen LogP contribution in [-0.2, 0) is 10.0 Å². The van der Waals surface area contributed by atoms with Crippen molar-refractivity contribution in [3.05, 3.63) is 65.7 Å². The van der Waals surface area contributed by atoms with E-state index in [9.17, 15) is 8.42 Å². The Bertz CT molecular complexity index is 1090. The van der Waals surface area contributed by atoms with Crippen LogP contribution < -0.4 is 0 Å². The minimum Gasteiger partial charge on any atom is -0.207 e. The topological polar surface area (TPSA) is 37.4 Å². The monoisotopic (exact) mass is 481 g/mol. The molecule has 1 saturated heterocycles. The first-order valence-electron chi connectivity index (χ1n) is 13.1. The number of fused-ring (bicyclic) bond motifs is 5. The van der Waals surface area contributed by atoms with Crippen LogP contribution in [0.3, 0.4) is 0 Å². The van der Waals surface area contributed by atoms with Gasteiger partial charge in [-0.1, -0.05) is 99.6 Å². The van der Waals surface area contributed by atoms with E-state index in [1.165, 1.54) is 43.3 Å². The van der Waals surface area contributed by atoms with Gasteiger partial charge >= 0.3 is 0 Å². The molecule has 3 nitrogen and oxygen atoms in total. The maximum Gasteiger partial charge on any atom is 0.244 e. The summed E-state index contributed by atoms with van der Waals surface area (Å²) in [6.45, 7) is 13.5. The predicted molar refractivity (Wildman–Crippen MR) is 141 cm³/mol. The summed E-state index contributed by atoms with van der Waals surface area (Å²) in [4.78, 5) is 0.371. The van der Waals surface area contributed by atoms with Gasteiger partial charge in [-0.3, -0.25) is 0 Å². The van der Waals surface area contributed by atoms with E-state index in [1.807, 2.05) is 46.8 Å². The summed E-state index contributed by atoms with van der Waals surface area (Å²) in [7, 11) is -3.76. The molecule has 1 saturated carbocycles. The molecule has 2 bridgehead atoms. The maximum atomic E-state index is 14.7. The number of sulfonamides is 1. The van der Waals surface area contributed by atoms with E-state index in [1.54, 1.807) is 12.1 Å². The van der Waals surface area contributed by atoms with Gasteiger partial charge in [-0.25, -0.2) is 8.42 Å². The Balaban J connectivity index is 2.01. The molecule has 34 heavy (non-hydrogen) atoms. The van der Waals surface area contributed by atoms with Crippen molar-refractivity contribution in [3.8, 4) is 0 Å². The fourth-order valence-electron chi connectivity index (χ4n) is 7.62. The molecule has 186 valence electrons. The van der Waals surface area contributed by atoms with Crippen molar-refractivity contribution in [1.29, 1.82) is 0 Å².